The van der Waals surface area contributed by atoms with E-state index in [0.29, 0.717) is 17.6 Å². The standard InChI is InChI=1S/C14H21N7OS/c1-10-16-11(2)21(19-10)7-12-4-3-5-20(6-12)8-13(22)17-14-18-15-9-23-14/h9,12H,3-8H2,1-2H3,(H,17,18,22)/t12-/m0/s1. The van der Waals surface area contributed by atoms with Crippen LogP contribution in [-0.2, 0) is 11.3 Å². The average Bonchev–Trinajstić information content (AvgIpc) is 3.09. The molecule has 23 heavy (non-hydrogen) atoms. The summed E-state index contributed by atoms with van der Waals surface area (Å²) >= 11 is 1.33. The second-order valence-electron chi connectivity index (χ2n) is 5.92. The van der Waals surface area contributed by atoms with Gasteiger partial charge in [0.2, 0.25) is 11.0 Å². The molecule has 8 nitrogen and oxygen atoms in total. The highest BCUT2D eigenvalue weighted by molar-refractivity contribution is 7.13. The number of nitrogens with zero attached hydrogens (tertiary/aromatic N) is 6. The minimum Gasteiger partial charge on any atom is -0.299 e. The predicted octanol–water partition coefficient (Wildman–Crippen LogP) is 1.10. The van der Waals surface area contributed by atoms with E-state index in [2.05, 4.69) is 30.5 Å². The Hall–Kier alpha value is -1.87. The quantitative estimate of drug-likeness (QED) is 0.880. The SMILES string of the molecule is Cc1nc(C)n(C[C@H]2CCCN(CC(=O)Nc3nncs3)C2)n1. The van der Waals surface area contributed by atoms with Crippen LogP contribution >= 0.6 is 11.3 Å². The van der Waals surface area contributed by atoms with E-state index >= 15 is 0 Å². The molecule has 0 unspecified atom stereocenters. The number of aromatic nitrogens is 5. The summed E-state index contributed by atoms with van der Waals surface area (Å²) in [6.07, 6.45) is 2.26. The highest BCUT2D eigenvalue weighted by atomic mass is 32.1. The van der Waals surface area contributed by atoms with Gasteiger partial charge >= 0.3 is 0 Å². The monoisotopic (exact) mass is 335 g/mol. The third kappa shape index (κ3) is 4.32. The van der Waals surface area contributed by atoms with Crippen molar-refractivity contribution in [3.05, 3.63) is 17.2 Å². The molecular weight excluding hydrogens is 314 g/mol. The van der Waals surface area contributed by atoms with E-state index in [1.54, 1.807) is 5.51 Å². The summed E-state index contributed by atoms with van der Waals surface area (Å²) in [5.74, 6) is 2.23. The van der Waals surface area contributed by atoms with E-state index in [9.17, 15) is 4.79 Å². The molecule has 0 saturated carbocycles. The van der Waals surface area contributed by atoms with E-state index in [0.717, 1.165) is 44.1 Å². The lowest BCUT2D eigenvalue weighted by Gasteiger charge is -2.32. The van der Waals surface area contributed by atoms with Gasteiger partial charge < -0.3 is 0 Å². The highest BCUT2D eigenvalue weighted by Crippen LogP contribution is 2.19. The summed E-state index contributed by atoms with van der Waals surface area (Å²) in [6.45, 7) is 7.01. The van der Waals surface area contributed by atoms with Gasteiger partial charge in [0.25, 0.3) is 0 Å². The van der Waals surface area contributed by atoms with E-state index in [-0.39, 0.29) is 5.91 Å². The van der Waals surface area contributed by atoms with E-state index in [1.807, 2.05) is 18.5 Å². The largest absolute Gasteiger partial charge is 0.299 e. The normalized spacial score (nSPS) is 19.0. The van der Waals surface area contributed by atoms with Gasteiger partial charge in [0.15, 0.2) is 0 Å². The number of nitrogens with one attached hydrogen (secondary N) is 1. The van der Waals surface area contributed by atoms with Crippen molar-refractivity contribution < 1.29 is 4.79 Å². The molecule has 3 rings (SSSR count). The molecule has 0 radical (unpaired) electrons. The van der Waals surface area contributed by atoms with Crippen molar-refractivity contribution in [2.75, 3.05) is 25.0 Å². The number of piperidine rings is 1. The maximum atomic E-state index is 12.1. The number of amides is 1. The van der Waals surface area contributed by atoms with Gasteiger partial charge in [-0.2, -0.15) is 5.10 Å². The number of hydrogen-bond donors (Lipinski definition) is 1. The lowest BCUT2D eigenvalue weighted by Crippen LogP contribution is -2.41. The Balaban J connectivity index is 1.51. The first-order valence-electron chi connectivity index (χ1n) is 7.76. The molecule has 124 valence electrons. The predicted molar refractivity (Wildman–Crippen MR) is 87.2 cm³/mol. The van der Waals surface area contributed by atoms with E-state index in [4.69, 9.17) is 0 Å². The first-order valence-corrected chi connectivity index (χ1v) is 8.64. The van der Waals surface area contributed by atoms with Crippen LogP contribution in [-0.4, -0.2) is 55.4 Å². The fourth-order valence-electron chi connectivity index (χ4n) is 3.01. The molecule has 0 spiro atoms. The number of likely N-dealkylation sites (tertiary alicyclic amines) is 1. The topological polar surface area (TPSA) is 88.8 Å². The van der Waals surface area contributed by atoms with Crippen molar-refractivity contribution in [2.45, 2.75) is 33.2 Å². The summed E-state index contributed by atoms with van der Waals surface area (Å²) < 4.78 is 1.98. The molecule has 1 saturated heterocycles. The van der Waals surface area contributed by atoms with Crippen LogP contribution in [0.2, 0.25) is 0 Å². The number of hydrogen-bond acceptors (Lipinski definition) is 7. The van der Waals surface area contributed by atoms with Crippen LogP contribution in [0.3, 0.4) is 0 Å². The second-order valence-corrected chi connectivity index (χ2v) is 6.76. The summed E-state index contributed by atoms with van der Waals surface area (Å²) in [4.78, 5) is 18.6. The van der Waals surface area contributed by atoms with E-state index < -0.39 is 0 Å². The van der Waals surface area contributed by atoms with Crippen LogP contribution < -0.4 is 5.32 Å². The maximum absolute atomic E-state index is 12.1. The van der Waals surface area contributed by atoms with Crippen molar-refractivity contribution in [3.63, 3.8) is 0 Å². The lowest BCUT2D eigenvalue weighted by molar-refractivity contribution is -0.117. The van der Waals surface area contributed by atoms with Gasteiger partial charge in [-0.05, 0) is 39.2 Å². The third-order valence-electron chi connectivity index (χ3n) is 3.97. The molecule has 9 heteroatoms. The van der Waals surface area contributed by atoms with Gasteiger partial charge in [-0.25, -0.2) is 9.67 Å². The fourth-order valence-corrected chi connectivity index (χ4v) is 3.47. The molecule has 3 heterocycles. The molecule has 1 fully saturated rings. The van der Waals surface area contributed by atoms with Crippen LogP contribution in [0.4, 0.5) is 5.13 Å². The first kappa shape index (κ1) is 16.0. The molecule has 1 aliphatic rings. The highest BCUT2D eigenvalue weighted by Gasteiger charge is 2.23. The minimum absolute atomic E-state index is 0.0322. The van der Waals surface area contributed by atoms with Crippen molar-refractivity contribution in [2.24, 2.45) is 5.92 Å². The van der Waals surface area contributed by atoms with Gasteiger partial charge in [-0.3, -0.25) is 15.0 Å². The summed E-state index contributed by atoms with van der Waals surface area (Å²) in [7, 11) is 0. The van der Waals surface area contributed by atoms with Gasteiger partial charge in [-0.15, -0.1) is 10.2 Å². The molecule has 0 aliphatic carbocycles. The first-order chi connectivity index (χ1) is 11.1. The van der Waals surface area contributed by atoms with Crippen LogP contribution in [0.15, 0.2) is 5.51 Å². The molecule has 1 atom stereocenters. The van der Waals surface area contributed by atoms with Crippen molar-refractivity contribution in [1.29, 1.82) is 0 Å². The maximum Gasteiger partial charge on any atom is 0.240 e. The second kappa shape index (κ2) is 7.14. The van der Waals surface area contributed by atoms with Gasteiger partial charge in [0.1, 0.15) is 17.2 Å². The zero-order chi connectivity index (χ0) is 16.2. The number of anilines is 1. The Labute approximate surface area is 138 Å². The number of aryl methyl sites for hydroxylation is 2. The van der Waals surface area contributed by atoms with Crippen molar-refractivity contribution in [1.82, 2.24) is 29.9 Å². The fraction of sp³-hybridized carbons (Fsp3) is 0.643. The molecule has 2 aromatic rings. The molecule has 1 amide bonds. The zero-order valence-corrected chi connectivity index (χ0v) is 14.2. The summed E-state index contributed by atoms with van der Waals surface area (Å²) in [5.41, 5.74) is 1.61. The zero-order valence-electron chi connectivity index (χ0n) is 13.4. The van der Waals surface area contributed by atoms with Gasteiger partial charge in [0.05, 0.1) is 6.54 Å². The summed E-state index contributed by atoms with van der Waals surface area (Å²) in [5, 5.41) is 15.3. The molecular formula is C14H21N7OS. The van der Waals surface area contributed by atoms with Gasteiger partial charge in [-0.1, -0.05) is 11.3 Å². The summed E-state index contributed by atoms with van der Waals surface area (Å²) in [6, 6.07) is 0. The van der Waals surface area contributed by atoms with Crippen LogP contribution in [0.25, 0.3) is 0 Å². The van der Waals surface area contributed by atoms with Crippen LogP contribution in [0.5, 0.6) is 0 Å². The third-order valence-corrected chi connectivity index (χ3v) is 4.58. The van der Waals surface area contributed by atoms with Crippen LogP contribution in [0, 0.1) is 19.8 Å². The van der Waals surface area contributed by atoms with Crippen LogP contribution in [0.1, 0.15) is 24.5 Å². The Morgan fingerprint density at radius 3 is 3.04 bits per heavy atom. The van der Waals surface area contributed by atoms with Crippen molar-refractivity contribution in [3.8, 4) is 0 Å². The molecule has 2 aromatic heterocycles. The van der Waals surface area contributed by atoms with Crippen molar-refractivity contribution >= 4 is 22.4 Å². The Kier molecular flexibility index (Phi) is 4.97. The Bertz CT molecular complexity index is 654. The molecule has 0 aromatic carbocycles. The Morgan fingerprint density at radius 1 is 1.48 bits per heavy atom. The average molecular weight is 335 g/mol. The number of carbonyl (C=O) groups is 1. The molecule has 1 N–H and O–H groups in total. The molecule has 1 aliphatic heterocycles. The Morgan fingerprint density at radius 2 is 2.35 bits per heavy atom. The molecule has 0 bridgehead atoms. The smallest absolute Gasteiger partial charge is 0.240 e. The lowest BCUT2D eigenvalue weighted by atomic mass is 9.98. The van der Waals surface area contributed by atoms with Gasteiger partial charge in [0, 0.05) is 13.1 Å². The minimum atomic E-state index is -0.0322. The number of rotatable bonds is 5. The number of carbonyl (C=O) groups excluding carboxylic acids is 1. The van der Waals surface area contributed by atoms with E-state index in [1.165, 1.54) is 11.3 Å².